The van der Waals surface area contributed by atoms with Crippen LogP contribution in [0.2, 0.25) is 0 Å². The number of carbonyl (C=O) groups excluding carboxylic acids is 2. The fourth-order valence-corrected chi connectivity index (χ4v) is 6.56. The molecule has 43 heavy (non-hydrogen) atoms. The van der Waals surface area contributed by atoms with Gasteiger partial charge in [-0.15, -0.1) is 11.3 Å². The summed E-state index contributed by atoms with van der Waals surface area (Å²) in [6.45, 7) is 1.43. The van der Waals surface area contributed by atoms with Crippen molar-refractivity contribution in [2.75, 3.05) is 18.8 Å². The Morgan fingerprint density at radius 2 is 1.56 bits per heavy atom. The van der Waals surface area contributed by atoms with Crippen molar-refractivity contribution in [1.29, 1.82) is 0 Å². The predicted molar refractivity (Wildman–Crippen MR) is 171 cm³/mol. The van der Waals surface area contributed by atoms with Crippen molar-refractivity contribution in [3.8, 4) is 0 Å². The van der Waals surface area contributed by atoms with Gasteiger partial charge in [-0.3, -0.25) is 19.0 Å². The van der Waals surface area contributed by atoms with Gasteiger partial charge in [0.25, 0.3) is 5.56 Å². The van der Waals surface area contributed by atoms with E-state index in [1.807, 2.05) is 35.7 Å². The molecule has 4 aromatic rings. The van der Waals surface area contributed by atoms with Gasteiger partial charge in [-0.1, -0.05) is 60.6 Å². The summed E-state index contributed by atoms with van der Waals surface area (Å²) < 4.78 is 25.0. The third kappa shape index (κ3) is 10.0. The molecule has 0 saturated carbocycles. The number of nitrogens with one attached hydrogen (secondary N) is 2. The van der Waals surface area contributed by atoms with E-state index in [4.69, 9.17) is 5.14 Å². The Kier molecular flexibility index (Phi) is 11.9. The van der Waals surface area contributed by atoms with Crippen LogP contribution in [0, 0.1) is 0 Å². The van der Waals surface area contributed by atoms with Crippen molar-refractivity contribution in [1.82, 2.24) is 20.2 Å². The Hall–Kier alpha value is -3.52. The third-order valence-electron chi connectivity index (χ3n) is 6.72. The van der Waals surface area contributed by atoms with Gasteiger partial charge in [-0.05, 0) is 60.4 Å². The molecule has 0 aliphatic rings. The number of thiophene rings is 1. The van der Waals surface area contributed by atoms with Gasteiger partial charge in [0.1, 0.15) is 4.70 Å². The normalized spacial score (nSPS) is 11.5. The number of amides is 2. The number of aromatic nitrogens is 2. The molecular weight excluding hydrogens is 607 g/mol. The molecule has 4 rings (SSSR count). The summed E-state index contributed by atoms with van der Waals surface area (Å²) in [6.07, 6.45) is 3.96. The number of nitrogens with two attached hydrogens (primary N) is 1. The van der Waals surface area contributed by atoms with Crippen LogP contribution in [0.25, 0.3) is 10.2 Å². The van der Waals surface area contributed by atoms with Crippen molar-refractivity contribution in [2.24, 2.45) is 5.14 Å². The second-order valence-corrected chi connectivity index (χ2v) is 13.4. The number of carbonyl (C=O) groups is 2. The second kappa shape index (κ2) is 15.8. The Labute approximate surface area is 259 Å². The number of sulfonamides is 1. The van der Waals surface area contributed by atoms with E-state index in [0.29, 0.717) is 54.3 Å². The number of hydrogen-bond acceptors (Lipinski definition) is 8. The minimum Gasteiger partial charge on any atom is -0.356 e. The summed E-state index contributed by atoms with van der Waals surface area (Å²) in [5.74, 6) is -0.0801. The van der Waals surface area contributed by atoms with Crippen molar-refractivity contribution in [3.05, 3.63) is 87.5 Å². The van der Waals surface area contributed by atoms with Crippen LogP contribution >= 0.6 is 23.1 Å². The Bertz CT molecular complexity index is 1690. The third-order valence-corrected chi connectivity index (χ3v) is 9.51. The van der Waals surface area contributed by atoms with Gasteiger partial charge in [0.05, 0.1) is 16.2 Å². The predicted octanol–water partition coefficient (Wildman–Crippen LogP) is 3.48. The first-order valence-electron chi connectivity index (χ1n) is 14.0. The van der Waals surface area contributed by atoms with Gasteiger partial charge in [-0.2, -0.15) is 0 Å². The van der Waals surface area contributed by atoms with Crippen molar-refractivity contribution in [2.45, 2.75) is 55.1 Å². The van der Waals surface area contributed by atoms with Crippen LogP contribution in [0.15, 0.2) is 80.9 Å². The molecule has 0 atom stereocenters. The lowest BCUT2D eigenvalue weighted by Crippen LogP contribution is -2.28. The number of thioether (sulfide) groups is 1. The number of hydrogen-bond donors (Lipinski definition) is 3. The summed E-state index contributed by atoms with van der Waals surface area (Å²) >= 11 is 2.56. The van der Waals surface area contributed by atoms with Gasteiger partial charge < -0.3 is 10.6 Å². The van der Waals surface area contributed by atoms with Gasteiger partial charge >= 0.3 is 0 Å². The van der Waals surface area contributed by atoms with Crippen LogP contribution < -0.4 is 21.3 Å². The summed E-state index contributed by atoms with van der Waals surface area (Å²) in [4.78, 5) is 42.6. The number of primary sulfonamides is 1. The maximum Gasteiger partial charge on any atom is 0.272 e. The molecule has 2 aromatic carbocycles. The Balaban J connectivity index is 1.22. The molecule has 0 saturated heterocycles. The van der Waals surface area contributed by atoms with Gasteiger partial charge in [0.2, 0.25) is 21.8 Å². The molecule has 0 bridgehead atoms. The van der Waals surface area contributed by atoms with E-state index in [1.54, 1.807) is 22.8 Å². The molecule has 10 nitrogen and oxygen atoms in total. The number of benzene rings is 2. The molecule has 2 heterocycles. The molecule has 13 heteroatoms. The zero-order valence-electron chi connectivity index (χ0n) is 23.7. The first-order valence-corrected chi connectivity index (χ1v) is 17.4. The average molecular weight is 642 g/mol. The number of rotatable bonds is 16. The maximum atomic E-state index is 13.2. The number of unbranched alkanes of at least 4 members (excludes halogenated alkanes) is 2. The van der Waals surface area contributed by atoms with E-state index in [0.717, 1.165) is 24.8 Å². The van der Waals surface area contributed by atoms with Crippen LogP contribution in [0.3, 0.4) is 0 Å². The van der Waals surface area contributed by atoms with Crippen LogP contribution in [0.4, 0.5) is 0 Å². The highest BCUT2D eigenvalue weighted by molar-refractivity contribution is 7.99. The fraction of sp³-hybridized carbons (Fsp3) is 0.333. The molecule has 2 aromatic heterocycles. The highest BCUT2D eigenvalue weighted by Gasteiger charge is 2.14. The van der Waals surface area contributed by atoms with Gasteiger partial charge in [0, 0.05) is 26.1 Å². The molecule has 0 aliphatic carbocycles. The Morgan fingerprint density at radius 3 is 2.26 bits per heavy atom. The molecule has 0 unspecified atom stereocenters. The smallest absolute Gasteiger partial charge is 0.272 e. The SMILES string of the molecule is NS(=O)(=O)c1ccc(CCNC(=O)CSc2nc3ccsc3c(=O)n2CCCCCC(=O)NCCc2ccccc2)cc1. The van der Waals surface area contributed by atoms with Crippen LogP contribution in [-0.4, -0.2) is 48.6 Å². The molecule has 0 aliphatic heterocycles. The van der Waals surface area contributed by atoms with E-state index in [-0.39, 0.29) is 28.0 Å². The number of nitrogens with zero attached hydrogens (tertiary/aromatic N) is 2. The van der Waals surface area contributed by atoms with E-state index in [2.05, 4.69) is 15.6 Å². The van der Waals surface area contributed by atoms with Crippen LogP contribution in [0.1, 0.15) is 36.8 Å². The fourth-order valence-electron chi connectivity index (χ4n) is 4.42. The topological polar surface area (TPSA) is 153 Å². The summed E-state index contributed by atoms with van der Waals surface area (Å²) in [5.41, 5.74) is 2.54. The largest absolute Gasteiger partial charge is 0.356 e. The molecule has 0 spiro atoms. The molecule has 0 radical (unpaired) electrons. The molecular formula is C30H35N5O5S3. The molecule has 4 N–H and O–H groups in total. The zero-order valence-corrected chi connectivity index (χ0v) is 26.1. The summed E-state index contributed by atoms with van der Waals surface area (Å²) in [7, 11) is -3.75. The van der Waals surface area contributed by atoms with Crippen LogP contribution in [-0.2, 0) is 39.0 Å². The van der Waals surface area contributed by atoms with Crippen molar-refractivity contribution >= 4 is 55.2 Å². The average Bonchev–Trinajstić information content (AvgIpc) is 3.46. The first kappa shape index (κ1) is 32.4. The van der Waals surface area contributed by atoms with Crippen molar-refractivity contribution < 1.29 is 18.0 Å². The molecule has 228 valence electrons. The van der Waals surface area contributed by atoms with Crippen LogP contribution in [0.5, 0.6) is 0 Å². The van der Waals surface area contributed by atoms with Gasteiger partial charge in [-0.25, -0.2) is 18.5 Å². The monoisotopic (exact) mass is 641 g/mol. The highest BCUT2D eigenvalue weighted by atomic mass is 32.2. The minimum absolute atomic E-state index is 0.0255. The highest BCUT2D eigenvalue weighted by Crippen LogP contribution is 2.21. The second-order valence-electron chi connectivity index (χ2n) is 9.96. The van der Waals surface area contributed by atoms with E-state index in [1.165, 1.54) is 40.8 Å². The minimum atomic E-state index is -3.75. The summed E-state index contributed by atoms with van der Waals surface area (Å²) in [6, 6.07) is 18.0. The van der Waals surface area contributed by atoms with Gasteiger partial charge in [0.15, 0.2) is 5.16 Å². The lowest BCUT2D eigenvalue weighted by molar-refractivity contribution is -0.121. The summed E-state index contributed by atoms with van der Waals surface area (Å²) in [5, 5.41) is 13.3. The standard InChI is InChI=1S/C30H35N5O5S3/c31-43(39,40)24-12-10-23(11-13-24)15-18-33-27(37)21-42-30-34-25-16-20-41-28(25)29(38)35(30)19-6-2-5-9-26(36)32-17-14-22-7-3-1-4-8-22/h1,3-4,7-8,10-13,16,20H,2,5-6,9,14-15,17-19,21H2,(H,32,36)(H,33,37)(H2,31,39,40). The lowest BCUT2D eigenvalue weighted by Gasteiger charge is -2.12. The van der Waals surface area contributed by atoms with E-state index < -0.39 is 10.0 Å². The maximum absolute atomic E-state index is 13.2. The quantitative estimate of drug-likeness (QED) is 0.0962. The molecule has 0 fully saturated rings. The first-order chi connectivity index (χ1) is 20.7. The molecule has 2 amide bonds. The zero-order chi connectivity index (χ0) is 30.7. The van der Waals surface area contributed by atoms with E-state index in [9.17, 15) is 22.8 Å². The van der Waals surface area contributed by atoms with Crippen molar-refractivity contribution in [3.63, 3.8) is 0 Å². The van der Waals surface area contributed by atoms with E-state index >= 15 is 0 Å². The number of fused-ring (bicyclic) bond motifs is 1. The lowest BCUT2D eigenvalue weighted by atomic mass is 10.1. The Morgan fingerprint density at radius 1 is 0.884 bits per heavy atom.